The van der Waals surface area contributed by atoms with Crippen LogP contribution in [0.1, 0.15) is 27.2 Å². The third kappa shape index (κ3) is 3.86. The van der Waals surface area contributed by atoms with Crippen LogP contribution in [-0.2, 0) is 0 Å². The Bertz CT molecular complexity index is 1560. The van der Waals surface area contributed by atoms with Crippen LogP contribution in [0.5, 0.6) is 0 Å². The number of hydrogen-bond acceptors (Lipinski definition) is 5. The standard InChI is InChI=1S/C26H22N6O2/c1-16-6-7-19(13-17(16)2)24-25(32-23(30-24)5-4-10-28-32)20-8-11-27-22(15-20)29-26(33)21-9-12-31(34)18(3)14-21/h4-15H,1-3H3,(H-,27,29,33,34)/p+1. The maximum atomic E-state index is 12.8. The molecule has 4 aromatic heterocycles. The first-order chi connectivity index (χ1) is 16.4. The van der Waals surface area contributed by atoms with Crippen LogP contribution in [0.2, 0.25) is 0 Å². The Morgan fingerprint density at radius 3 is 2.62 bits per heavy atom. The van der Waals surface area contributed by atoms with Crippen LogP contribution in [0.4, 0.5) is 5.82 Å². The Labute approximate surface area is 196 Å². The number of imidazole rings is 1. The molecule has 0 atom stereocenters. The van der Waals surface area contributed by atoms with Crippen molar-refractivity contribution in [2.24, 2.45) is 0 Å². The molecule has 1 aromatic carbocycles. The second-order valence-corrected chi connectivity index (χ2v) is 8.19. The molecule has 4 heterocycles. The molecule has 0 bridgehead atoms. The lowest BCUT2D eigenvalue weighted by molar-refractivity contribution is -0.908. The van der Waals surface area contributed by atoms with Gasteiger partial charge in [-0.3, -0.25) is 10.0 Å². The quantitative estimate of drug-likeness (QED) is 0.316. The van der Waals surface area contributed by atoms with E-state index in [1.807, 2.05) is 24.3 Å². The highest BCUT2D eigenvalue weighted by atomic mass is 16.5. The van der Waals surface area contributed by atoms with Gasteiger partial charge in [-0.1, -0.05) is 12.1 Å². The number of nitrogens with zero attached hydrogens (tertiary/aromatic N) is 5. The lowest BCUT2D eigenvalue weighted by Crippen LogP contribution is -2.33. The lowest BCUT2D eigenvalue weighted by atomic mass is 10.0. The van der Waals surface area contributed by atoms with Gasteiger partial charge in [-0.15, -0.1) is 0 Å². The van der Waals surface area contributed by atoms with Gasteiger partial charge in [0.15, 0.2) is 5.65 Å². The summed E-state index contributed by atoms with van der Waals surface area (Å²) in [5, 5.41) is 17.0. The molecule has 0 aliphatic heterocycles. The molecule has 0 fully saturated rings. The van der Waals surface area contributed by atoms with Gasteiger partial charge >= 0.3 is 0 Å². The maximum absolute atomic E-state index is 12.8. The van der Waals surface area contributed by atoms with E-state index >= 15 is 0 Å². The third-order valence-corrected chi connectivity index (χ3v) is 5.83. The van der Waals surface area contributed by atoms with Crippen molar-refractivity contribution >= 4 is 17.4 Å². The fourth-order valence-corrected chi connectivity index (χ4v) is 3.82. The summed E-state index contributed by atoms with van der Waals surface area (Å²) in [5.74, 6) is 0.0804. The van der Waals surface area contributed by atoms with Crippen molar-refractivity contribution < 1.29 is 14.7 Å². The van der Waals surface area contributed by atoms with Gasteiger partial charge in [0.1, 0.15) is 11.5 Å². The fraction of sp³-hybridized carbons (Fsp3) is 0.115. The SMILES string of the molecule is Cc1ccc(-c2nc3cccnn3c2-c2ccnc(NC(=O)c3cc[n+](O)c(C)c3)c2)cc1C. The third-order valence-electron chi connectivity index (χ3n) is 5.83. The molecule has 5 rings (SSSR count). The number of anilines is 1. The molecule has 0 unspecified atom stereocenters. The van der Waals surface area contributed by atoms with Crippen molar-refractivity contribution in [2.45, 2.75) is 20.8 Å². The average Bonchev–Trinajstić information content (AvgIpc) is 3.22. The minimum absolute atomic E-state index is 0.320. The highest BCUT2D eigenvalue weighted by Crippen LogP contribution is 2.33. The Morgan fingerprint density at radius 1 is 0.971 bits per heavy atom. The number of pyridine rings is 2. The molecule has 1 amide bonds. The monoisotopic (exact) mass is 451 g/mol. The summed E-state index contributed by atoms with van der Waals surface area (Å²) in [5.41, 5.74) is 7.51. The van der Waals surface area contributed by atoms with Crippen LogP contribution < -0.4 is 10.0 Å². The number of carbonyl (C=O) groups excluding carboxylic acids is 1. The van der Waals surface area contributed by atoms with E-state index < -0.39 is 0 Å². The first kappa shape index (κ1) is 21.3. The number of aromatic nitrogens is 5. The molecule has 0 radical (unpaired) electrons. The number of rotatable bonds is 4. The zero-order valence-electron chi connectivity index (χ0n) is 19.0. The molecular weight excluding hydrogens is 428 g/mol. The predicted octanol–water partition coefficient (Wildman–Crippen LogP) is 4.16. The molecule has 0 spiro atoms. The normalized spacial score (nSPS) is 11.0. The van der Waals surface area contributed by atoms with E-state index in [2.05, 4.69) is 47.4 Å². The summed E-state index contributed by atoms with van der Waals surface area (Å²) in [7, 11) is 0. The summed E-state index contributed by atoms with van der Waals surface area (Å²) in [6.07, 6.45) is 4.79. The molecule has 0 saturated carbocycles. The molecule has 8 nitrogen and oxygen atoms in total. The van der Waals surface area contributed by atoms with Gasteiger partial charge < -0.3 is 5.32 Å². The summed E-state index contributed by atoms with van der Waals surface area (Å²) < 4.78 is 2.76. The number of fused-ring (bicyclic) bond motifs is 1. The van der Waals surface area contributed by atoms with Crippen LogP contribution >= 0.6 is 0 Å². The van der Waals surface area contributed by atoms with E-state index in [9.17, 15) is 10.0 Å². The van der Waals surface area contributed by atoms with Crippen molar-refractivity contribution in [3.63, 3.8) is 0 Å². The molecule has 0 saturated heterocycles. The highest BCUT2D eigenvalue weighted by Gasteiger charge is 2.19. The molecule has 168 valence electrons. The number of hydrogen-bond donors (Lipinski definition) is 2. The van der Waals surface area contributed by atoms with Gasteiger partial charge in [-0.25, -0.2) is 14.5 Å². The molecule has 8 heteroatoms. The minimum Gasteiger partial charge on any atom is -0.307 e. The highest BCUT2D eigenvalue weighted by molar-refractivity contribution is 6.04. The van der Waals surface area contributed by atoms with Gasteiger partial charge in [0.25, 0.3) is 5.91 Å². The second kappa shape index (κ2) is 8.40. The largest absolute Gasteiger partial charge is 0.307 e. The van der Waals surface area contributed by atoms with Crippen LogP contribution in [0.15, 0.2) is 73.2 Å². The van der Waals surface area contributed by atoms with Gasteiger partial charge in [0.2, 0.25) is 11.9 Å². The van der Waals surface area contributed by atoms with Crippen molar-refractivity contribution in [1.82, 2.24) is 19.6 Å². The molecule has 0 aliphatic carbocycles. The second-order valence-electron chi connectivity index (χ2n) is 8.19. The smallest absolute Gasteiger partial charge is 0.257 e. The number of amides is 1. The minimum atomic E-state index is -0.320. The average molecular weight is 452 g/mol. The number of nitrogens with one attached hydrogen (secondary N) is 1. The van der Waals surface area contributed by atoms with E-state index in [0.717, 1.165) is 32.9 Å². The summed E-state index contributed by atoms with van der Waals surface area (Å²) in [4.78, 5) is 22.0. The molecule has 5 aromatic rings. The Kier molecular flexibility index (Phi) is 5.25. The van der Waals surface area contributed by atoms with Crippen LogP contribution in [0.25, 0.3) is 28.2 Å². The van der Waals surface area contributed by atoms with Gasteiger partial charge in [-0.05, 0) is 55.3 Å². The van der Waals surface area contributed by atoms with Crippen LogP contribution in [0, 0.1) is 20.8 Å². The molecular formula is C26H23N6O2+. The number of carbonyl (C=O) groups is 1. The summed E-state index contributed by atoms with van der Waals surface area (Å²) >= 11 is 0. The van der Waals surface area contributed by atoms with Crippen molar-refractivity contribution in [2.75, 3.05) is 5.32 Å². The van der Waals surface area contributed by atoms with E-state index in [1.165, 1.54) is 17.3 Å². The number of benzene rings is 1. The first-order valence-corrected chi connectivity index (χ1v) is 10.8. The van der Waals surface area contributed by atoms with E-state index in [-0.39, 0.29) is 5.91 Å². The topological polar surface area (TPSA) is 96.3 Å². The van der Waals surface area contributed by atoms with Gasteiger partial charge in [0.05, 0.1) is 11.3 Å². The zero-order chi connectivity index (χ0) is 23.8. The summed E-state index contributed by atoms with van der Waals surface area (Å²) in [6, 6.07) is 16.9. The van der Waals surface area contributed by atoms with Crippen LogP contribution in [0.3, 0.4) is 0 Å². The zero-order valence-corrected chi connectivity index (χ0v) is 19.0. The van der Waals surface area contributed by atoms with Crippen molar-refractivity contribution in [3.05, 3.63) is 95.6 Å². The van der Waals surface area contributed by atoms with Crippen molar-refractivity contribution in [1.29, 1.82) is 0 Å². The van der Waals surface area contributed by atoms with Gasteiger partial charge in [0, 0.05) is 47.3 Å². The first-order valence-electron chi connectivity index (χ1n) is 10.8. The van der Waals surface area contributed by atoms with E-state index in [0.29, 0.717) is 17.1 Å². The predicted molar refractivity (Wildman–Crippen MR) is 128 cm³/mol. The Balaban J connectivity index is 1.58. The Morgan fingerprint density at radius 2 is 1.82 bits per heavy atom. The van der Waals surface area contributed by atoms with Crippen molar-refractivity contribution in [3.8, 4) is 22.5 Å². The lowest BCUT2D eigenvalue weighted by Gasteiger charge is -2.09. The maximum Gasteiger partial charge on any atom is 0.257 e. The number of aryl methyl sites for hydroxylation is 3. The van der Waals surface area contributed by atoms with Gasteiger partial charge in [-0.2, -0.15) is 5.10 Å². The molecule has 0 aliphatic rings. The fourth-order valence-electron chi connectivity index (χ4n) is 3.82. The molecule has 2 N–H and O–H groups in total. The van der Waals surface area contributed by atoms with E-state index in [4.69, 9.17) is 4.98 Å². The van der Waals surface area contributed by atoms with Crippen LogP contribution in [-0.4, -0.2) is 30.7 Å². The van der Waals surface area contributed by atoms with E-state index in [1.54, 1.807) is 36.0 Å². The summed E-state index contributed by atoms with van der Waals surface area (Å²) in [6.45, 7) is 5.87. The Hall–Kier alpha value is -4.59. The molecule has 34 heavy (non-hydrogen) atoms.